The molecule has 0 spiro atoms. The van der Waals surface area contributed by atoms with Crippen LogP contribution in [0.4, 0.5) is 0 Å². The van der Waals surface area contributed by atoms with E-state index >= 15 is 0 Å². The van der Waals surface area contributed by atoms with Crippen LogP contribution in [-0.2, 0) is 9.22 Å². The fourth-order valence-electron chi connectivity index (χ4n) is 4.45. The molecular weight excluding hydrogens is 336 g/mol. The van der Waals surface area contributed by atoms with Gasteiger partial charge in [-0.15, -0.1) is 0 Å². The molecule has 138 valence electrons. The standard InChI is InChI=1S/C23H30O2Si/c1-22(2,3)21-16-10-11-17-23(21,18-24)25-26(19-12-6-4-7-13-19)20-14-8-5-9-15-20/h4-9,12-15,18,21,26H,10-11,16-17H2,1-3H3/t21-,23+/m0/s1. The summed E-state index contributed by atoms with van der Waals surface area (Å²) in [5, 5.41) is 2.47. The SMILES string of the molecule is CC(C)(C)[C@@H]1CCCC[C@]1(C=O)O[SiH](c1ccccc1)c1ccccc1. The molecule has 1 saturated carbocycles. The fourth-order valence-corrected chi connectivity index (χ4v) is 7.02. The van der Waals surface area contributed by atoms with Gasteiger partial charge in [-0.2, -0.15) is 0 Å². The van der Waals surface area contributed by atoms with Crippen LogP contribution in [0.3, 0.4) is 0 Å². The van der Waals surface area contributed by atoms with Crippen molar-refractivity contribution >= 4 is 25.7 Å². The third-order valence-electron chi connectivity index (χ3n) is 5.69. The lowest BCUT2D eigenvalue weighted by Crippen LogP contribution is -2.58. The van der Waals surface area contributed by atoms with Crippen LogP contribution in [-0.4, -0.2) is 20.9 Å². The first-order valence-corrected chi connectivity index (χ1v) is 11.3. The maximum absolute atomic E-state index is 12.4. The molecule has 3 heteroatoms. The molecule has 0 N–H and O–H groups in total. The number of rotatable bonds is 5. The van der Waals surface area contributed by atoms with Crippen LogP contribution in [0.5, 0.6) is 0 Å². The lowest BCUT2D eigenvalue weighted by Gasteiger charge is -2.48. The molecule has 0 aromatic heterocycles. The number of carbonyl (C=O) groups is 1. The zero-order valence-corrected chi connectivity index (χ0v) is 17.3. The van der Waals surface area contributed by atoms with E-state index in [1.54, 1.807) is 0 Å². The van der Waals surface area contributed by atoms with Crippen LogP contribution < -0.4 is 10.4 Å². The molecule has 0 amide bonds. The first-order valence-electron chi connectivity index (χ1n) is 9.70. The number of carbonyl (C=O) groups excluding carboxylic acids is 1. The highest BCUT2D eigenvalue weighted by atomic mass is 28.3. The van der Waals surface area contributed by atoms with Crippen molar-refractivity contribution in [1.29, 1.82) is 0 Å². The molecule has 1 aliphatic carbocycles. The Morgan fingerprint density at radius 1 is 0.962 bits per heavy atom. The van der Waals surface area contributed by atoms with Gasteiger partial charge in [0.15, 0.2) is 6.29 Å². The highest BCUT2D eigenvalue weighted by molar-refractivity contribution is 6.80. The average molecular weight is 367 g/mol. The third kappa shape index (κ3) is 3.99. The van der Waals surface area contributed by atoms with Crippen molar-refractivity contribution in [1.82, 2.24) is 0 Å². The van der Waals surface area contributed by atoms with Crippen molar-refractivity contribution in [2.24, 2.45) is 11.3 Å². The lowest BCUT2D eigenvalue weighted by molar-refractivity contribution is -0.136. The second-order valence-electron chi connectivity index (χ2n) is 8.56. The Hall–Kier alpha value is -1.71. The van der Waals surface area contributed by atoms with E-state index in [0.29, 0.717) is 0 Å². The predicted octanol–water partition coefficient (Wildman–Crippen LogP) is 3.72. The van der Waals surface area contributed by atoms with Crippen molar-refractivity contribution in [3.63, 3.8) is 0 Å². The van der Waals surface area contributed by atoms with Crippen molar-refractivity contribution in [3.8, 4) is 0 Å². The predicted molar refractivity (Wildman–Crippen MR) is 111 cm³/mol. The minimum absolute atomic E-state index is 0.0493. The van der Waals surface area contributed by atoms with Gasteiger partial charge in [0.25, 0.3) is 0 Å². The molecule has 26 heavy (non-hydrogen) atoms. The van der Waals surface area contributed by atoms with E-state index in [2.05, 4.69) is 69.3 Å². The third-order valence-corrected chi connectivity index (χ3v) is 8.34. The van der Waals surface area contributed by atoms with E-state index in [0.717, 1.165) is 25.5 Å². The van der Waals surface area contributed by atoms with E-state index in [1.165, 1.54) is 16.8 Å². The van der Waals surface area contributed by atoms with Gasteiger partial charge in [-0.05, 0) is 34.5 Å². The molecule has 0 unspecified atom stereocenters. The number of hydrogen-bond acceptors (Lipinski definition) is 2. The van der Waals surface area contributed by atoms with Crippen LogP contribution in [0, 0.1) is 11.3 Å². The minimum Gasteiger partial charge on any atom is -0.398 e. The molecule has 0 radical (unpaired) electrons. The summed E-state index contributed by atoms with van der Waals surface area (Å²) >= 11 is 0. The number of aldehydes is 1. The summed E-state index contributed by atoms with van der Waals surface area (Å²) in [6, 6.07) is 20.9. The maximum Gasteiger partial charge on any atom is 0.241 e. The quantitative estimate of drug-likeness (QED) is 0.595. The molecule has 2 atom stereocenters. The van der Waals surface area contributed by atoms with Gasteiger partial charge in [0, 0.05) is 0 Å². The summed E-state index contributed by atoms with van der Waals surface area (Å²) in [5.74, 6) is 0.253. The summed E-state index contributed by atoms with van der Waals surface area (Å²) in [6.07, 6.45) is 5.28. The lowest BCUT2D eigenvalue weighted by atomic mass is 9.64. The second-order valence-corrected chi connectivity index (χ2v) is 10.9. The van der Waals surface area contributed by atoms with Gasteiger partial charge in [0.05, 0.1) is 0 Å². The molecule has 3 rings (SSSR count). The van der Waals surface area contributed by atoms with Crippen LogP contribution in [0.25, 0.3) is 0 Å². The van der Waals surface area contributed by atoms with Gasteiger partial charge in [0.1, 0.15) is 5.60 Å². The maximum atomic E-state index is 12.4. The van der Waals surface area contributed by atoms with Gasteiger partial charge in [-0.25, -0.2) is 0 Å². The Morgan fingerprint density at radius 3 is 1.96 bits per heavy atom. The normalized spacial score (nSPS) is 23.8. The van der Waals surface area contributed by atoms with Gasteiger partial charge < -0.3 is 9.22 Å². The molecule has 0 aliphatic heterocycles. The van der Waals surface area contributed by atoms with Gasteiger partial charge in [0.2, 0.25) is 9.04 Å². The molecule has 0 heterocycles. The second kappa shape index (κ2) is 7.89. The molecule has 2 aromatic carbocycles. The van der Waals surface area contributed by atoms with Crippen LogP contribution in [0.15, 0.2) is 60.7 Å². The van der Waals surface area contributed by atoms with Crippen molar-refractivity contribution in [2.45, 2.75) is 52.1 Å². The van der Waals surface area contributed by atoms with Gasteiger partial charge in [-0.3, -0.25) is 0 Å². The van der Waals surface area contributed by atoms with Crippen LogP contribution >= 0.6 is 0 Å². The zero-order chi connectivity index (χ0) is 18.6. The summed E-state index contributed by atoms with van der Waals surface area (Å²) in [5.41, 5.74) is -0.618. The van der Waals surface area contributed by atoms with Crippen LogP contribution in [0.1, 0.15) is 46.5 Å². The molecular formula is C23H30O2Si. The Balaban J connectivity index is 2.02. The number of benzene rings is 2. The largest absolute Gasteiger partial charge is 0.398 e. The van der Waals surface area contributed by atoms with E-state index in [4.69, 9.17) is 4.43 Å². The van der Waals surface area contributed by atoms with E-state index in [1.807, 2.05) is 12.1 Å². The molecule has 1 aliphatic rings. The van der Waals surface area contributed by atoms with Crippen molar-refractivity contribution in [3.05, 3.63) is 60.7 Å². The monoisotopic (exact) mass is 366 g/mol. The summed E-state index contributed by atoms with van der Waals surface area (Å²) < 4.78 is 6.91. The van der Waals surface area contributed by atoms with E-state index < -0.39 is 14.6 Å². The van der Waals surface area contributed by atoms with Crippen molar-refractivity contribution in [2.75, 3.05) is 0 Å². The first-order chi connectivity index (χ1) is 12.5. The zero-order valence-electron chi connectivity index (χ0n) is 16.2. The fraction of sp³-hybridized carbons (Fsp3) is 0.435. The highest BCUT2D eigenvalue weighted by Gasteiger charge is 2.48. The topological polar surface area (TPSA) is 26.3 Å². The smallest absolute Gasteiger partial charge is 0.241 e. The Kier molecular flexibility index (Phi) is 5.78. The Labute approximate surface area is 159 Å². The summed E-state index contributed by atoms with van der Waals surface area (Å²) in [7, 11) is -1.95. The van der Waals surface area contributed by atoms with Crippen molar-refractivity contribution < 1.29 is 9.22 Å². The van der Waals surface area contributed by atoms with Gasteiger partial charge >= 0.3 is 0 Å². The first kappa shape index (κ1) is 19.1. The van der Waals surface area contributed by atoms with Gasteiger partial charge in [-0.1, -0.05) is 94.3 Å². The minimum atomic E-state index is -1.95. The molecule has 1 fully saturated rings. The molecule has 0 bridgehead atoms. The highest BCUT2D eigenvalue weighted by Crippen LogP contribution is 2.45. The van der Waals surface area contributed by atoms with E-state index in [-0.39, 0.29) is 11.3 Å². The van der Waals surface area contributed by atoms with E-state index in [9.17, 15) is 4.79 Å². The molecule has 2 nitrogen and oxygen atoms in total. The Bertz CT molecular complexity index is 668. The van der Waals surface area contributed by atoms with Crippen LogP contribution in [0.2, 0.25) is 0 Å². The number of hydrogen-bond donors (Lipinski definition) is 0. The molecule has 2 aromatic rings. The average Bonchev–Trinajstić information content (AvgIpc) is 2.67. The summed E-state index contributed by atoms with van der Waals surface area (Å²) in [6.45, 7) is 6.73. The Morgan fingerprint density at radius 2 is 1.50 bits per heavy atom. The summed E-state index contributed by atoms with van der Waals surface area (Å²) in [4.78, 5) is 12.4. The molecule has 0 saturated heterocycles.